The summed E-state index contributed by atoms with van der Waals surface area (Å²) in [5, 5.41) is 7.64. The molecule has 0 amide bonds. The lowest BCUT2D eigenvalue weighted by Gasteiger charge is -2.07. The summed E-state index contributed by atoms with van der Waals surface area (Å²) in [6, 6.07) is 0. The predicted molar refractivity (Wildman–Crippen MR) is 72.8 cm³/mol. The highest BCUT2D eigenvalue weighted by Gasteiger charge is 2.15. The van der Waals surface area contributed by atoms with E-state index in [1.54, 1.807) is 0 Å². The van der Waals surface area contributed by atoms with Gasteiger partial charge in [0.05, 0.1) is 16.4 Å². The summed E-state index contributed by atoms with van der Waals surface area (Å²) in [6.45, 7) is 3.85. The molecule has 9 heteroatoms. The molecule has 0 unspecified atom stereocenters. The minimum Gasteiger partial charge on any atom is -0.392 e. The number of nitrogens with zero attached hydrogens (tertiary/aromatic N) is 3. The summed E-state index contributed by atoms with van der Waals surface area (Å²) in [5.41, 5.74) is 6.67. The lowest BCUT2D eigenvalue weighted by Crippen LogP contribution is -2.27. The highest BCUT2D eigenvalue weighted by Crippen LogP contribution is 2.08. The van der Waals surface area contributed by atoms with Crippen molar-refractivity contribution in [2.75, 3.05) is 10.5 Å². The second-order valence-corrected chi connectivity index (χ2v) is 5.81. The maximum absolute atomic E-state index is 11.6. The molecule has 0 radical (unpaired) electrons. The van der Waals surface area contributed by atoms with Crippen molar-refractivity contribution in [2.45, 2.75) is 26.7 Å². The predicted octanol–water partition coefficient (Wildman–Crippen LogP) is 0.0242. The Morgan fingerprint density at radius 3 is 2.39 bits per heavy atom. The Hall–Kier alpha value is -1.35. The number of aromatic nitrogens is 3. The fourth-order valence-electron chi connectivity index (χ4n) is 1.34. The van der Waals surface area contributed by atoms with Crippen molar-refractivity contribution in [3.05, 3.63) is 11.4 Å². The van der Waals surface area contributed by atoms with Crippen molar-refractivity contribution in [2.24, 2.45) is 5.73 Å². The van der Waals surface area contributed by atoms with Crippen molar-refractivity contribution in [3.8, 4) is 0 Å². The number of nitrogens with two attached hydrogens (primary N) is 1. The molecular weight excluding hydrogens is 274 g/mol. The number of anilines is 1. The van der Waals surface area contributed by atoms with Gasteiger partial charge in [0.1, 0.15) is 5.75 Å². The Labute approximate surface area is 111 Å². The standard InChI is InChI=1S/C9H15N5O2S2/c1-3-6-7(4-2)12-13-9(11-6)14-18(15,16)5-8(10)17/h3-5H2,1-2H3,(H2,10,17)(H,11,13,14). The van der Waals surface area contributed by atoms with E-state index in [0.29, 0.717) is 12.8 Å². The van der Waals surface area contributed by atoms with Gasteiger partial charge in [-0.25, -0.2) is 18.1 Å². The van der Waals surface area contributed by atoms with E-state index in [1.807, 2.05) is 13.8 Å². The van der Waals surface area contributed by atoms with Crippen LogP contribution in [0, 0.1) is 0 Å². The Kier molecular flexibility index (Phi) is 4.91. The normalized spacial score (nSPS) is 11.2. The molecule has 0 aliphatic carbocycles. The molecule has 1 aromatic heterocycles. The number of thiocarbonyl (C=S) groups is 1. The fraction of sp³-hybridized carbons (Fsp3) is 0.556. The van der Waals surface area contributed by atoms with Crippen molar-refractivity contribution in [1.82, 2.24) is 15.2 Å². The highest BCUT2D eigenvalue weighted by atomic mass is 32.2. The third-order valence-electron chi connectivity index (χ3n) is 2.09. The van der Waals surface area contributed by atoms with Crippen LogP contribution in [0.5, 0.6) is 0 Å². The zero-order valence-electron chi connectivity index (χ0n) is 10.2. The van der Waals surface area contributed by atoms with Gasteiger partial charge in [0.2, 0.25) is 10.0 Å². The largest absolute Gasteiger partial charge is 0.392 e. The zero-order chi connectivity index (χ0) is 13.8. The second-order valence-electron chi connectivity index (χ2n) is 3.56. The summed E-state index contributed by atoms with van der Waals surface area (Å²) in [6.07, 6.45) is 1.35. The van der Waals surface area contributed by atoms with Crippen LogP contribution in [0.4, 0.5) is 5.95 Å². The summed E-state index contributed by atoms with van der Waals surface area (Å²) in [4.78, 5) is 3.99. The molecule has 1 rings (SSSR count). The van der Waals surface area contributed by atoms with Crippen LogP contribution in [0.1, 0.15) is 25.2 Å². The first-order valence-electron chi connectivity index (χ1n) is 5.39. The Morgan fingerprint density at radius 2 is 1.89 bits per heavy atom. The number of aryl methyl sites for hydroxylation is 2. The molecule has 7 nitrogen and oxygen atoms in total. The minimum absolute atomic E-state index is 0.0553. The van der Waals surface area contributed by atoms with Gasteiger partial charge in [-0.1, -0.05) is 26.1 Å². The molecule has 0 aliphatic rings. The van der Waals surface area contributed by atoms with E-state index < -0.39 is 15.8 Å². The smallest absolute Gasteiger partial charge is 0.256 e. The average molecular weight is 289 g/mol. The number of hydrogen-bond acceptors (Lipinski definition) is 6. The third-order valence-corrected chi connectivity index (χ3v) is 3.60. The van der Waals surface area contributed by atoms with Crippen LogP contribution in [0.25, 0.3) is 0 Å². The summed E-state index contributed by atoms with van der Waals surface area (Å²) >= 11 is 4.55. The van der Waals surface area contributed by atoms with Crippen LogP contribution in [0.2, 0.25) is 0 Å². The Morgan fingerprint density at radius 1 is 1.28 bits per heavy atom. The zero-order valence-corrected chi connectivity index (χ0v) is 11.8. The average Bonchev–Trinajstić information content (AvgIpc) is 2.26. The van der Waals surface area contributed by atoms with E-state index in [-0.39, 0.29) is 10.9 Å². The van der Waals surface area contributed by atoms with E-state index in [2.05, 4.69) is 32.1 Å². The minimum atomic E-state index is -3.66. The molecular formula is C9H15N5O2S2. The van der Waals surface area contributed by atoms with Gasteiger partial charge in [-0.2, -0.15) is 0 Å². The van der Waals surface area contributed by atoms with E-state index in [9.17, 15) is 8.42 Å². The lowest BCUT2D eigenvalue weighted by molar-refractivity contribution is 0.604. The third kappa shape index (κ3) is 4.15. The number of rotatable bonds is 6. The maximum atomic E-state index is 11.6. The lowest BCUT2D eigenvalue weighted by atomic mass is 10.2. The molecule has 100 valence electrons. The molecule has 1 heterocycles. The van der Waals surface area contributed by atoms with Gasteiger partial charge in [0.25, 0.3) is 5.95 Å². The molecule has 1 aromatic rings. The van der Waals surface area contributed by atoms with E-state index in [0.717, 1.165) is 11.4 Å². The summed E-state index contributed by atoms with van der Waals surface area (Å²) in [7, 11) is -3.66. The van der Waals surface area contributed by atoms with E-state index >= 15 is 0 Å². The number of hydrogen-bond donors (Lipinski definition) is 2. The van der Waals surface area contributed by atoms with Crippen molar-refractivity contribution in [1.29, 1.82) is 0 Å². The molecule has 0 aliphatic heterocycles. The van der Waals surface area contributed by atoms with Crippen LogP contribution in [0.15, 0.2) is 0 Å². The highest BCUT2D eigenvalue weighted by molar-refractivity contribution is 7.95. The molecule has 0 saturated carbocycles. The van der Waals surface area contributed by atoms with Crippen molar-refractivity contribution < 1.29 is 8.42 Å². The van der Waals surface area contributed by atoms with Gasteiger partial charge in [-0.15, -0.1) is 10.2 Å². The maximum Gasteiger partial charge on any atom is 0.256 e. The summed E-state index contributed by atoms with van der Waals surface area (Å²) in [5.74, 6) is -0.497. The quantitative estimate of drug-likeness (QED) is 0.710. The van der Waals surface area contributed by atoms with Crippen LogP contribution in [-0.2, 0) is 22.9 Å². The molecule has 0 bridgehead atoms. The Balaban J connectivity index is 2.95. The molecule has 0 fully saturated rings. The Bertz CT molecular complexity index is 544. The molecule has 18 heavy (non-hydrogen) atoms. The van der Waals surface area contributed by atoms with Gasteiger partial charge < -0.3 is 5.73 Å². The second kappa shape index (κ2) is 6.01. The first-order valence-corrected chi connectivity index (χ1v) is 7.45. The van der Waals surface area contributed by atoms with Crippen LogP contribution >= 0.6 is 12.2 Å². The monoisotopic (exact) mass is 289 g/mol. The molecule has 0 aromatic carbocycles. The van der Waals surface area contributed by atoms with Gasteiger partial charge in [0, 0.05) is 0 Å². The van der Waals surface area contributed by atoms with Crippen LogP contribution in [0.3, 0.4) is 0 Å². The first-order chi connectivity index (χ1) is 8.38. The van der Waals surface area contributed by atoms with Gasteiger partial charge in [-0.3, -0.25) is 0 Å². The number of sulfonamides is 1. The molecule has 0 saturated heterocycles. The summed E-state index contributed by atoms with van der Waals surface area (Å²) < 4.78 is 25.4. The van der Waals surface area contributed by atoms with Gasteiger partial charge >= 0.3 is 0 Å². The topological polar surface area (TPSA) is 111 Å². The van der Waals surface area contributed by atoms with Crippen LogP contribution in [-0.4, -0.2) is 34.3 Å². The van der Waals surface area contributed by atoms with Gasteiger partial charge in [0.15, 0.2) is 0 Å². The van der Waals surface area contributed by atoms with E-state index in [4.69, 9.17) is 5.73 Å². The molecule has 0 spiro atoms. The van der Waals surface area contributed by atoms with E-state index in [1.165, 1.54) is 0 Å². The van der Waals surface area contributed by atoms with Crippen LogP contribution < -0.4 is 10.5 Å². The fourth-order valence-corrected chi connectivity index (χ4v) is 2.62. The molecule has 0 atom stereocenters. The van der Waals surface area contributed by atoms with Gasteiger partial charge in [-0.05, 0) is 12.8 Å². The van der Waals surface area contributed by atoms with Crippen molar-refractivity contribution >= 4 is 33.2 Å². The number of nitrogens with one attached hydrogen (secondary N) is 1. The molecule has 3 N–H and O–H groups in total. The first kappa shape index (κ1) is 14.7. The van der Waals surface area contributed by atoms with Crippen molar-refractivity contribution in [3.63, 3.8) is 0 Å². The SMILES string of the molecule is CCc1nnc(NS(=O)(=O)CC(N)=S)nc1CC.